The Morgan fingerprint density at radius 2 is 1.53 bits per heavy atom. The van der Waals surface area contributed by atoms with Crippen LogP contribution in [0, 0.1) is 13.8 Å². The monoisotopic (exact) mass is 526 g/mol. The number of morpholine rings is 1. The van der Waals surface area contributed by atoms with Crippen LogP contribution < -0.4 is 15.5 Å². The quantitative estimate of drug-likeness (QED) is 0.415. The number of anilines is 2. The van der Waals surface area contributed by atoms with Crippen LogP contribution >= 0.6 is 12.2 Å². The molecule has 1 amide bonds. The Bertz CT molecular complexity index is 1330. The van der Waals surface area contributed by atoms with Crippen LogP contribution in [-0.2, 0) is 16.1 Å². The number of ether oxygens (including phenoxy) is 1. The van der Waals surface area contributed by atoms with Crippen molar-refractivity contribution in [2.75, 3.05) is 36.5 Å². The van der Waals surface area contributed by atoms with Gasteiger partial charge in [0.25, 0.3) is 5.91 Å². The van der Waals surface area contributed by atoms with Gasteiger partial charge in [-0.05, 0) is 68.4 Å². The number of rotatable bonds is 6. The molecule has 0 saturated carbocycles. The minimum absolute atomic E-state index is 0.141. The molecule has 1 fully saturated rings. The van der Waals surface area contributed by atoms with Crippen LogP contribution in [0.1, 0.15) is 35.2 Å². The molecule has 3 aromatic carbocycles. The fourth-order valence-corrected chi connectivity index (χ4v) is 5.25. The van der Waals surface area contributed by atoms with Crippen molar-refractivity contribution in [3.8, 4) is 0 Å². The van der Waals surface area contributed by atoms with Gasteiger partial charge < -0.3 is 25.2 Å². The van der Waals surface area contributed by atoms with Crippen molar-refractivity contribution in [1.29, 1.82) is 0 Å². The Morgan fingerprint density at radius 1 is 0.921 bits per heavy atom. The lowest BCUT2D eigenvalue weighted by Crippen LogP contribution is -2.48. The zero-order valence-electron chi connectivity index (χ0n) is 22.2. The van der Waals surface area contributed by atoms with Gasteiger partial charge in [-0.3, -0.25) is 4.79 Å². The molecule has 6 nitrogen and oxygen atoms in total. The normalized spacial score (nSPS) is 17.9. The molecule has 2 N–H and O–H groups in total. The van der Waals surface area contributed by atoms with Gasteiger partial charge in [0.15, 0.2) is 5.11 Å². The summed E-state index contributed by atoms with van der Waals surface area (Å²) in [6.07, 6.45) is 0. The summed E-state index contributed by atoms with van der Waals surface area (Å²) in [6, 6.07) is 24.3. The number of hydrogen-bond donors (Lipinski definition) is 2. The summed E-state index contributed by atoms with van der Waals surface area (Å²) < 4.78 is 5.50. The predicted octanol–water partition coefficient (Wildman–Crippen LogP) is 5.48. The second-order valence-corrected chi connectivity index (χ2v) is 10.4. The van der Waals surface area contributed by atoms with Gasteiger partial charge in [-0.2, -0.15) is 0 Å². The van der Waals surface area contributed by atoms with Crippen molar-refractivity contribution in [3.05, 3.63) is 106 Å². The molecule has 1 saturated heterocycles. The molecule has 0 bridgehead atoms. The number of benzene rings is 3. The number of aryl methyl sites for hydroxylation is 2. The topological polar surface area (TPSA) is 56.8 Å². The minimum Gasteiger partial charge on any atom is -0.378 e. The van der Waals surface area contributed by atoms with Gasteiger partial charge in [0.2, 0.25) is 0 Å². The van der Waals surface area contributed by atoms with Crippen LogP contribution in [0.4, 0.5) is 11.4 Å². The number of carbonyl (C=O) groups excluding carboxylic acids is 1. The second kappa shape index (κ2) is 11.4. The maximum atomic E-state index is 13.8. The second-order valence-electron chi connectivity index (χ2n) is 9.96. The smallest absolute Gasteiger partial charge is 0.255 e. The summed E-state index contributed by atoms with van der Waals surface area (Å²) in [5, 5.41) is 7.19. The van der Waals surface area contributed by atoms with Crippen LogP contribution in [0.5, 0.6) is 0 Å². The fourth-order valence-electron chi connectivity index (χ4n) is 4.93. The van der Waals surface area contributed by atoms with Gasteiger partial charge in [0, 0.05) is 36.7 Å². The highest BCUT2D eigenvalue weighted by molar-refractivity contribution is 7.80. The molecule has 0 aliphatic carbocycles. The summed E-state index contributed by atoms with van der Waals surface area (Å²) in [7, 11) is 0. The lowest BCUT2D eigenvalue weighted by Gasteiger charge is -2.38. The van der Waals surface area contributed by atoms with Gasteiger partial charge in [-0.15, -0.1) is 0 Å². The molecular weight excluding hydrogens is 492 g/mol. The third kappa shape index (κ3) is 5.74. The molecule has 5 rings (SSSR count). The molecule has 38 heavy (non-hydrogen) atoms. The lowest BCUT2D eigenvalue weighted by molar-refractivity contribution is -0.113. The molecule has 0 spiro atoms. The van der Waals surface area contributed by atoms with Crippen molar-refractivity contribution >= 4 is 34.6 Å². The van der Waals surface area contributed by atoms with E-state index in [1.807, 2.05) is 43.0 Å². The molecular formula is C31H34N4O2S. The van der Waals surface area contributed by atoms with Crippen LogP contribution in [0.2, 0.25) is 0 Å². The summed E-state index contributed by atoms with van der Waals surface area (Å²) in [4.78, 5) is 18.1. The first-order chi connectivity index (χ1) is 18.4. The van der Waals surface area contributed by atoms with Crippen LogP contribution in [0.3, 0.4) is 0 Å². The van der Waals surface area contributed by atoms with E-state index < -0.39 is 0 Å². The molecule has 7 heteroatoms. The van der Waals surface area contributed by atoms with E-state index in [-0.39, 0.29) is 11.9 Å². The molecule has 0 radical (unpaired) electrons. The Kier molecular flexibility index (Phi) is 7.77. The highest BCUT2D eigenvalue weighted by atomic mass is 32.1. The Morgan fingerprint density at radius 3 is 2.16 bits per heavy atom. The van der Waals surface area contributed by atoms with E-state index in [4.69, 9.17) is 17.0 Å². The highest BCUT2D eigenvalue weighted by Crippen LogP contribution is 2.33. The Labute approximate surface area is 230 Å². The lowest BCUT2D eigenvalue weighted by atomic mass is 9.93. The van der Waals surface area contributed by atoms with E-state index in [0.29, 0.717) is 17.2 Å². The van der Waals surface area contributed by atoms with Crippen LogP contribution in [0.25, 0.3) is 0 Å². The van der Waals surface area contributed by atoms with Gasteiger partial charge >= 0.3 is 0 Å². The maximum Gasteiger partial charge on any atom is 0.255 e. The number of nitrogens with zero attached hydrogens (tertiary/aromatic N) is 2. The van der Waals surface area contributed by atoms with Gasteiger partial charge in [-0.1, -0.05) is 59.7 Å². The first-order valence-electron chi connectivity index (χ1n) is 13.0. The minimum atomic E-state index is -0.360. The zero-order chi connectivity index (χ0) is 26.6. The summed E-state index contributed by atoms with van der Waals surface area (Å²) in [5.74, 6) is -0.141. The fraction of sp³-hybridized carbons (Fsp3) is 0.290. The SMILES string of the molecule is CC1=C(C(=O)Nc2ccc(C)cc2)C(c2ccc(N3CCOCC3)cc2)NC(=S)N1Cc1ccc(C)cc1. The molecule has 1 atom stereocenters. The Balaban J connectivity index is 1.48. The van der Waals surface area contributed by atoms with E-state index in [1.54, 1.807) is 0 Å². The molecule has 1 unspecified atom stereocenters. The molecule has 3 aromatic rings. The van der Waals surface area contributed by atoms with E-state index in [9.17, 15) is 4.79 Å². The first kappa shape index (κ1) is 25.9. The van der Waals surface area contributed by atoms with E-state index in [0.717, 1.165) is 60.1 Å². The van der Waals surface area contributed by atoms with Crippen molar-refractivity contribution < 1.29 is 9.53 Å². The van der Waals surface area contributed by atoms with Crippen molar-refractivity contribution in [3.63, 3.8) is 0 Å². The Hall–Kier alpha value is -3.68. The average molecular weight is 527 g/mol. The number of allylic oxidation sites excluding steroid dienone is 1. The maximum absolute atomic E-state index is 13.8. The average Bonchev–Trinajstić information content (AvgIpc) is 2.93. The third-order valence-corrected chi connectivity index (χ3v) is 7.55. The summed E-state index contributed by atoms with van der Waals surface area (Å²) in [5.41, 5.74) is 7.90. The number of amides is 1. The van der Waals surface area contributed by atoms with Crippen LogP contribution in [-0.4, -0.2) is 42.2 Å². The van der Waals surface area contributed by atoms with Crippen molar-refractivity contribution in [2.45, 2.75) is 33.4 Å². The molecule has 2 aliphatic heterocycles. The van der Waals surface area contributed by atoms with E-state index in [2.05, 4.69) is 71.0 Å². The zero-order valence-corrected chi connectivity index (χ0v) is 23.0. The molecule has 196 valence electrons. The number of thiocarbonyl (C=S) groups is 1. The highest BCUT2D eigenvalue weighted by Gasteiger charge is 2.34. The van der Waals surface area contributed by atoms with Gasteiger partial charge in [0.05, 0.1) is 24.8 Å². The molecule has 0 aromatic heterocycles. The van der Waals surface area contributed by atoms with Gasteiger partial charge in [-0.25, -0.2) is 0 Å². The number of nitrogens with one attached hydrogen (secondary N) is 2. The predicted molar refractivity (Wildman–Crippen MR) is 157 cm³/mol. The molecule has 2 aliphatic rings. The number of carbonyl (C=O) groups is 1. The largest absolute Gasteiger partial charge is 0.378 e. The van der Waals surface area contributed by atoms with E-state index in [1.165, 1.54) is 5.56 Å². The van der Waals surface area contributed by atoms with Gasteiger partial charge in [0.1, 0.15) is 0 Å². The first-order valence-corrected chi connectivity index (χ1v) is 13.4. The van der Waals surface area contributed by atoms with Crippen molar-refractivity contribution in [2.24, 2.45) is 0 Å². The number of hydrogen-bond acceptors (Lipinski definition) is 4. The standard InChI is InChI=1S/C31H34N4O2S/c1-21-4-8-24(9-5-21)20-35-23(3)28(30(36)32-26-12-6-22(2)7-13-26)29(33-31(35)38)25-10-14-27(15-11-25)34-16-18-37-19-17-34/h4-15,29H,16-20H2,1-3H3,(H,32,36)(H,33,38). The molecule has 2 heterocycles. The summed E-state index contributed by atoms with van der Waals surface area (Å²) >= 11 is 5.84. The third-order valence-electron chi connectivity index (χ3n) is 7.21. The summed E-state index contributed by atoms with van der Waals surface area (Å²) in [6.45, 7) is 9.91. The van der Waals surface area contributed by atoms with Crippen LogP contribution in [0.15, 0.2) is 84.1 Å². The van der Waals surface area contributed by atoms with Crippen molar-refractivity contribution in [1.82, 2.24) is 10.2 Å². The van der Waals surface area contributed by atoms with E-state index >= 15 is 0 Å².